The van der Waals surface area contributed by atoms with Crippen LogP contribution in [0.4, 0.5) is 13.2 Å². The van der Waals surface area contributed by atoms with Gasteiger partial charge < -0.3 is 10.4 Å². The van der Waals surface area contributed by atoms with Gasteiger partial charge in [-0.25, -0.2) is 13.2 Å². The smallest absolute Gasteiger partial charge is 0.289 e. The zero-order valence-electron chi connectivity index (χ0n) is 11.2. The van der Waals surface area contributed by atoms with Gasteiger partial charge >= 0.3 is 0 Å². The number of alkyl halides is 2. The van der Waals surface area contributed by atoms with Gasteiger partial charge in [-0.1, -0.05) is 17.7 Å². The lowest BCUT2D eigenvalue weighted by Gasteiger charge is -2.39. The average molecular weight is 345 g/mol. The molecule has 0 unspecified atom stereocenters. The largest absolute Gasteiger partial charge is 0.390 e. The van der Waals surface area contributed by atoms with E-state index >= 15 is 0 Å². The van der Waals surface area contributed by atoms with E-state index in [0.29, 0.717) is 26.2 Å². The van der Waals surface area contributed by atoms with Crippen LogP contribution in [0.2, 0.25) is 5.02 Å². The Bertz CT molecular complexity index is 471. The molecule has 1 saturated heterocycles. The summed E-state index contributed by atoms with van der Waals surface area (Å²) in [6.07, 6.45) is 0. The highest BCUT2D eigenvalue weighted by Crippen LogP contribution is 2.39. The number of nitrogens with zero attached hydrogens (tertiary/aromatic N) is 1. The number of rotatable bonds is 4. The number of aliphatic hydroxyl groups is 1. The molecule has 21 heavy (non-hydrogen) atoms. The summed E-state index contributed by atoms with van der Waals surface area (Å²) in [6.45, 7) is 0.699. The minimum atomic E-state index is -3.35. The number of halogens is 5. The van der Waals surface area contributed by atoms with Gasteiger partial charge in [0.25, 0.3) is 5.92 Å². The van der Waals surface area contributed by atoms with Crippen molar-refractivity contribution >= 4 is 24.0 Å². The molecule has 0 amide bonds. The Labute approximate surface area is 132 Å². The van der Waals surface area contributed by atoms with Crippen LogP contribution < -0.4 is 5.32 Å². The van der Waals surface area contributed by atoms with Crippen molar-refractivity contribution in [1.29, 1.82) is 0 Å². The van der Waals surface area contributed by atoms with Crippen LogP contribution in [-0.2, 0) is 0 Å². The molecule has 0 aromatic heterocycles. The highest BCUT2D eigenvalue weighted by molar-refractivity contribution is 6.31. The van der Waals surface area contributed by atoms with E-state index in [1.54, 1.807) is 4.90 Å². The zero-order valence-corrected chi connectivity index (χ0v) is 12.7. The van der Waals surface area contributed by atoms with Gasteiger partial charge in [-0.05, 0) is 17.7 Å². The molecule has 8 heteroatoms. The van der Waals surface area contributed by atoms with Gasteiger partial charge in [-0.3, -0.25) is 4.90 Å². The molecule has 1 fully saturated rings. The van der Waals surface area contributed by atoms with Crippen LogP contribution in [0, 0.1) is 5.82 Å². The Hall–Kier alpha value is -0.530. The molecule has 1 heterocycles. The fourth-order valence-corrected chi connectivity index (χ4v) is 2.71. The lowest BCUT2D eigenvalue weighted by Crippen LogP contribution is -2.51. The Morgan fingerprint density at radius 1 is 1.33 bits per heavy atom. The summed E-state index contributed by atoms with van der Waals surface area (Å²) in [5, 5.41) is 12.0. The summed E-state index contributed by atoms with van der Waals surface area (Å²) < 4.78 is 41.3. The second-order valence-corrected chi connectivity index (χ2v) is 5.18. The van der Waals surface area contributed by atoms with Crippen LogP contribution in [0.25, 0.3) is 0 Å². The van der Waals surface area contributed by atoms with Crippen molar-refractivity contribution in [2.24, 2.45) is 0 Å². The topological polar surface area (TPSA) is 35.5 Å². The SMILES string of the molecule is Cl.OCC(F)(F)[C@@H](c1ccc(F)cc1Cl)N1CCNCC1. The number of piperazine rings is 1. The fraction of sp³-hybridized carbons (Fsp3) is 0.538. The number of hydrogen-bond donors (Lipinski definition) is 2. The van der Waals surface area contributed by atoms with E-state index in [9.17, 15) is 13.2 Å². The standard InChI is InChI=1S/C13H16ClF3N2O.ClH/c14-11-7-9(15)1-2-10(11)12(13(16,17)8-20)19-5-3-18-4-6-19;/h1-2,7,12,18,20H,3-6,8H2;1H/t12-;/m1./s1. The summed E-state index contributed by atoms with van der Waals surface area (Å²) in [7, 11) is 0. The van der Waals surface area contributed by atoms with E-state index in [1.807, 2.05) is 0 Å². The van der Waals surface area contributed by atoms with Crippen LogP contribution in [0.3, 0.4) is 0 Å². The van der Waals surface area contributed by atoms with Gasteiger partial charge in [0.05, 0.1) is 0 Å². The zero-order chi connectivity index (χ0) is 14.8. The maximum absolute atomic E-state index is 14.1. The molecular weight excluding hydrogens is 328 g/mol. The first-order chi connectivity index (χ1) is 9.45. The molecule has 0 radical (unpaired) electrons. The van der Waals surface area contributed by atoms with Crippen LogP contribution in [0.5, 0.6) is 0 Å². The molecule has 0 spiro atoms. The molecule has 1 aromatic carbocycles. The molecule has 0 aliphatic carbocycles. The third-order valence-corrected chi connectivity index (χ3v) is 3.71. The second-order valence-electron chi connectivity index (χ2n) is 4.77. The van der Waals surface area contributed by atoms with Crippen molar-refractivity contribution in [3.05, 3.63) is 34.6 Å². The molecule has 1 aromatic rings. The van der Waals surface area contributed by atoms with Crippen LogP contribution in [0.15, 0.2) is 18.2 Å². The third-order valence-electron chi connectivity index (χ3n) is 3.38. The average Bonchev–Trinajstić information content (AvgIpc) is 2.43. The number of nitrogens with one attached hydrogen (secondary N) is 1. The van der Waals surface area contributed by atoms with Crippen molar-refractivity contribution in [3.63, 3.8) is 0 Å². The quantitative estimate of drug-likeness (QED) is 0.880. The molecule has 3 nitrogen and oxygen atoms in total. The van der Waals surface area contributed by atoms with Crippen molar-refractivity contribution in [3.8, 4) is 0 Å². The molecule has 1 aliphatic heterocycles. The van der Waals surface area contributed by atoms with Crippen molar-refractivity contribution in [1.82, 2.24) is 10.2 Å². The van der Waals surface area contributed by atoms with E-state index in [0.717, 1.165) is 12.1 Å². The Morgan fingerprint density at radius 2 is 1.95 bits per heavy atom. The van der Waals surface area contributed by atoms with E-state index in [4.69, 9.17) is 16.7 Å². The first kappa shape index (κ1) is 18.5. The van der Waals surface area contributed by atoms with E-state index in [-0.39, 0.29) is 23.0 Å². The summed E-state index contributed by atoms with van der Waals surface area (Å²) in [6, 6.07) is 2.01. The molecule has 1 aliphatic rings. The molecule has 1 atom stereocenters. The Balaban J connectivity index is 0.00000220. The van der Waals surface area contributed by atoms with Gasteiger partial charge in [0.15, 0.2) is 0 Å². The molecule has 2 rings (SSSR count). The summed E-state index contributed by atoms with van der Waals surface area (Å²) in [5.41, 5.74) is 0.133. The van der Waals surface area contributed by atoms with Gasteiger partial charge in [-0.2, -0.15) is 0 Å². The van der Waals surface area contributed by atoms with Gasteiger partial charge in [0.2, 0.25) is 0 Å². The highest BCUT2D eigenvalue weighted by Gasteiger charge is 2.44. The first-order valence-electron chi connectivity index (χ1n) is 6.34. The van der Waals surface area contributed by atoms with Crippen LogP contribution in [-0.4, -0.2) is 48.7 Å². The van der Waals surface area contributed by atoms with Gasteiger partial charge in [0.1, 0.15) is 18.5 Å². The van der Waals surface area contributed by atoms with Crippen molar-refractivity contribution in [2.75, 3.05) is 32.8 Å². The molecule has 0 saturated carbocycles. The second kappa shape index (κ2) is 7.65. The Kier molecular flexibility index (Phi) is 6.74. The predicted octanol–water partition coefficient (Wildman–Crippen LogP) is 2.47. The molecular formula is C13H17Cl2F3N2O. The number of hydrogen-bond acceptors (Lipinski definition) is 3. The van der Waals surface area contributed by atoms with Crippen LogP contribution >= 0.6 is 24.0 Å². The first-order valence-corrected chi connectivity index (χ1v) is 6.72. The van der Waals surface area contributed by atoms with E-state index in [2.05, 4.69) is 5.32 Å². The summed E-state index contributed by atoms with van der Waals surface area (Å²) in [4.78, 5) is 1.56. The molecule has 0 bridgehead atoms. The predicted molar refractivity (Wildman–Crippen MR) is 77.9 cm³/mol. The minimum absolute atomic E-state index is 0. The number of benzene rings is 1. The lowest BCUT2D eigenvalue weighted by atomic mass is 9.98. The highest BCUT2D eigenvalue weighted by atomic mass is 35.5. The normalized spacial score (nSPS) is 18.1. The van der Waals surface area contributed by atoms with Gasteiger partial charge in [-0.15, -0.1) is 12.4 Å². The number of aliphatic hydroxyl groups excluding tert-OH is 1. The van der Waals surface area contributed by atoms with Gasteiger partial charge in [0, 0.05) is 31.2 Å². The third kappa shape index (κ3) is 4.23. The monoisotopic (exact) mass is 344 g/mol. The summed E-state index contributed by atoms with van der Waals surface area (Å²) >= 11 is 5.91. The van der Waals surface area contributed by atoms with Crippen molar-refractivity contribution < 1.29 is 18.3 Å². The van der Waals surface area contributed by atoms with Crippen LogP contribution in [0.1, 0.15) is 11.6 Å². The maximum Gasteiger partial charge on any atom is 0.289 e. The molecule has 120 valence electrons. The summed E-state index contributed by atoms with van der Waals surface area (Å²) in [5.74, 6) is -3.93. The maximum atomic E-state index is 14.1. The van der Waals surface area contributed by atoms with Crippen molar-refractivity contribution in [2.45, 2.75) is 12.0 Å². The Morgan fingerprint density at radius 3 is 2.48 bits per heavy atom. The van der Waals surface area contributed by atoms with E-state index in [1.165, 1.54) is 6.07 Å². The fourth-order valence-electron chi connectivity index (χ4n) is 2.44. The van der Waals surface area contributed by atoms with E-state index < -0.39 is 24.4 Å². The molecule has 2 N–H and O–H groups in total. The minimum Gasteiger partial charge on any atom is -0.390 e. The lowest BCUT2D eigenvalue weighted by molar-refractivity contribution is -0.118.